The van der Waals surface area contributed by atoms with Crippen molar-refractivity contribution >= 4 is 39.5 Å². The first-order chi connectivity index (χ1) is 50.1. The van der Waals surface area contributed by atoms with Gasteiger partial charge in [0.25, 0.3) is 0 Å². The minimum Gasteiger partial charge on any atom is -0.462 e. The summed E-state index contributed by atoms with van der Waals surface area (Å²) in [5.74, 6) is 1.04. The third-order valence-electron chi connectivity index (χ3n) is 20.2. The van der Waals surface area contributed by atoms with Gasteiger partial charge in [0.2, 0.25) is 0 Å². The van der Waals surface area contributed by atoms with E-state index in [4.69, 9.17) is 37.0 Å². The van der Waals surface area contributed by atoms with Crippen LogP contribution >= 0.6 is 15.6 Å². The zero-order chi connectivity index (χ0) is 76.7. The molecule has 0 spiro atoms. The van der Waals surface area contributed by atoms with E-state index < -0.39 is 97.5 Å². The highest BCUT2D eigenvalue weighted by Crippen LogP contribution is 2.45. The van der Waals surface area contributed by atoms with Crippen molar-refractivity contribution in [2.75, 3.05) is 39.6 Å². The second-order valence-electron chi connectivity index (χ2n) is 32.2. The number of carbonyl (C=O) groups is 4. The fourth-order valence-corrected chi connectivity index (χ4v) is 14.7. The normalized spacial score (nSPS) is 14.2. The molecule has 0 rings (SSSR count). The second-order valence-corrected chi connectivity index (χ2v) is 35.2. The third kappa shape index (κ3) is 76.8. The van der Waals surface area contributed by atoms with Crippen molar-refractivity contribution < 1.29 is 80.2 Å². The minimum absolute atomic E-state index is 0.107. The van der Waals surface area contributed by atoms with Crippen LogP contribution in [-0.4, -0.2) is 96.7 Å². The summed E-state index contributed by atoms with van der Waals surface area (Å²) in [7, 11) is -9.93. The smallest absolute Gasteiger partial charge is 0.462 e. The molecule has 0 aromatic carbocycles. The molecule has 618 valence electrons. The van der Waals surface area contributed by atoms with Crippen LogP contribution < -0.4 is 0 Å². The Morgan fingerprint density at radius 3 is 0.683 bits per heavy atom. The Balaban J connectivity index is 5.21. The van der Waals surface area contributed by atoms with Gasteiger partial charge in [-0.3, -0.25) is 37.3 Å². The Labute approximate surface area is 638 Å². The molecule has 6 atom stereocenters. The van der Waals surface area contributed by atoms with Crippen molar-refractivity contribution in [3.05, 3.63) is 0 Å². The highest BCUT2D eigenvalue weighted by molar-refractivity contribution is 7.47. The summed E-state index contributed by atoms with van der Waals surface area (Å²) in [6.45, 7) is 14.3. The number of phosphoric acid groups is 2. The van der Waals surface area contributed by atoms with E-state index in [1.54, 1.807) is 0 Å². The van der Waals surface area contributed by atoms with Gasteiger partial charge >= 0.3 is 39.5 Å². The van der Waals surface area contributed by atoms with Crippen LogP contribution in [0.25, 0.3) is 0 Å². The molecular weight excluding hydrogens is 1350 g/mol. The Hall–Kier alpha value is -1.94. The predicted molar refractivity (Wildman–Crippen MR) is 428 cm³/mol. The number of esters is 4. The van der Waals surface area contributed by atoms with E-state index in [9.17, 15) is 43.2 Å². The van der Waals surface area contributed by atoms with Gasteiger partial charge in [0, 0.05) is 25.7 Å². The van der Waals surface area contributed by atoms with Crippen LogP contribution in [0.5, 0.6) is 0 Å². The van der Waals surface area contributed by atoms with Gasteiger partial charge in [-0.25, -0.2) is 9.13 Å². The fourth-order valence-electron chi connectivity index (χ4n) is 13.1. The molecule has 0 aromatic rings. The van der Waals surface area contributed by atoms with Gasteiger partial charge in [-0.2, -0.15) is 0 Å². The van der Waals surface area contributed by atoms with Crippen LogP contribution in [0.2, 0.25) is 0 Å². The average molecular weight is 1520 g/mol. The van der Waals surface area contributed by atoms with Gasteiger partial charge in [-0.05, 0) is 49.4 Å². The summed E-state index contributed by atoms with van der Waals surface area (Å²) >= 11 is 0. The first-order valence-corrected chi connectivity index (χ1v) is 46.7. The summed E-state index contributed by atoms with van der Waals surface area (Å²) in [4.78, 5) is 73.2. The molecule has 0 aliphatic carbocycles. The van der Waals surface area contributed by atoms with Gasteiger partial charge in [0.1, 0.15) is 19.3 Å². The van der Waals surface area contributed by atoms with Crippen molar-refractivity contribution in [3.8, 4) is 0 Å². The fraction of sp³-hybridized carbons (Fsp3) is 0.953. The zero-order valence-electron chi connectivity index (χ0n) is 68.7. The maximum absolute atomic E-state index is 13.1. The summed E-state index contributed by atoms with van der Waals surface area (Å²) in [5.41, 5.74) is 0. The van der Waals surface area contributed by atoms with Crippen LogP contribution in [0.3, 0.4) is 0 Å². The molecule has 3 N–H and O–H groups in total. The van der Waals surface area contributed by atoms with Crippen LogP contribution in [0.15, 0.2) is 0 Å². The van der Waals surface area contributed by atoms with Crippen LogP contribution in [-0.2, 0) is 65.4 Å². The van der Waals surface area contributed by atoms with E-state index in [0.717, 1.165) is 114 Å². The van der Waals surface area contributed by atoms with Crippen molar-refractivity contribution in [1.29, 1.82) is 0 Å². The Morgan fingerprint density at radius 1 is 0.269 bits per heavy atom. The summed E-state index contributed by atoms with van der Waals surface area (Å²) in [6, 6.07) is 0. The van der Waals surface area contributed by atoms with Gasteiger partial charge in [0.15, 0.2) is 12.2 Å². The number of ether oxygens (including phenoxy) is 4. The number of carbonyl (C=O) groups excluding carboxylic acids is 4. The maximum atomic E-state index is 13.1. The number of aliphatic hydroxyl groups excluding tert-OH is 1. The Morgan fingerprint density at radius 2 is 0.462 bits per heavy atom. The zero-order valence-corrected chi connectivity index (χ0v) is 70.5. The lowest BCUT2D eigenvalue weighted by molar-refractivity contribution is -0.161. The second kappa shape index (κ2) is 73.8. The molecule has 17 nitrogen and oxygen atoms in total. The van der Waals surface area contributed by atoms with E-state index in [2.05, 4.69) is 55.4 Å². The molecule has 0 aliphatic rings. The largest absolute Gasteiger partial charge is 0.472 e. The average Bonchev–Trinajstić information content (AvgIpc) is 0.902. The number of unbranched alkanes of at least 4 members (excludes halogenated alkanes) is 47. The maximum Gasteiger partial charge on any atom is 0.472 e. The predicted octanol–water partition coefficient (Wildman–Crippen LogP) is 25.6. The van der Waals surface area contributed by atoms with Crippen molar-refractivity contribution in [2.24, 2.45) is 23.7 Å². The molecule has 4 unspecified atom stereocenters. The lowest BCUT2D eigenvalue weighted by Gasteiger charge is -2.21. The summed E-state index contributed by atoms with van der Waals surface area (Å²) < 4.78 is 68.8. The Bertz CT molecular complexity index is 2030. The minimum atomic E-state index is -4.96. The van der Waals surface area contributed by atoms with Gasteiger partial charge in [-0.1, -0.05) is 389 Å². The summed E-state index contributed by atoms with van der Waals surface area (Å²) in [6.07, 6.45) is 62.5. The van der Waals surface area contributed by atoms with Crippen LogP contribution in [0.4, 0.5) is 0 Å². The lowest BCUT2D eigenvalue weighted by Crippen LogP contribution is -2.30. The quantitative estimate of drug-likeness (QED) is 0.0222. The molecule has 0 saturated heterocycles. The first-order valence-electron chi connectivity index (χ1n) is 43.7. The van der Waals surface area contributed by atoms with Crippen LogP contribution in [0.1, 0.15) is 441 Å². The highest BCUT2D eigenvalue weighted by atomic mass is 31.2. The first kappa shape index (κ1) is 102. The van der Waals surface area contributed by atoms with E-state index in [1.165, 1.54) is 238 Å². The summed E-state index contributed by atoms with van der Waals surface area (Å²) in [5, 5.41) is 10.7. The molecule has 0 heterocycles. The standard InChI is InChI=1S/C85H166O17P2/c1-9-78(8)64-56-48-40-32-26-19-16-17-20-27-33-41-49-57-65-82(87)95-71-80(101-85(90)68-60-52-43-35-29-23-22-25-31-38-46-54-62-76(4)5)73-99-103(91,92)97-69-79(86)70-98-104(93,94)100-74-81(72-96-83(88)66-58-50-44-36-39-47-55-63-77(6)7)102-84(89)67-59-51-42-34-28-21-15-13-11-10-12-14-18-24-30-37-45-53-61-75(2)3/h75-81,86H,9-74H2,1-8H3,(H,91,92)(H,93,94)/t78?,79?,80-,81-/m1/s1. The van der Waals surface area contributed by atoms with Crippen LogP contribution in [0, 0.1) is 23.7 Å². The molecule has 0 aromatic heterocycles. The number of phosphoric ester groups is 2. The highest BCUT2D eigenvalue weighted by Gasteiger charge is 2.30. The van der Waals surface area contributed by atoms with E-state index >= 15 is 0 Å². The number of hydrogen-bond acceptors (Lipinski definition) is 15. The van der Waals surface area contributed by atoms with Crippen molar-refractivity contribution in [2.45, 2.75) is 459 Å². The topological polar surface area (TPSA) is 237 Å². The molecule has 0 fully saturated rings. The third-order valence-corrected chi connectivity index (χ3v) is 22.1. The van der Waals surface area contributed by atoms with E-state index in [0.29, 0.717) is 31.6 Å². The van der Waals surface area contributed by atoms with Crippen molar-refractivity contribution in [1.82, 2.24) is 0 Å². The molecule has 0 radical (unpaired) electrons. The molecule has 104 heavy (non-hydrogen) atoms. The number of hydrogen-bond donors (Lipinski definition) is 3. The van der Waals surface area contributed by atoms with Crippen molar-refractivity contribution in [3.63, 3.8) is 0 Å². The molecular formula is C85H166O17P2. The molecule has 0 saturated carbocycles. The molecule has 19 heteroatoms. The molecule has 0 amide bonds. The Kier molecular flexibility index (Phi) is 72.5. The molecule has 0 bridgehead atoms. The van der Waals surface area contributed by atoms with Gasteiger partial charge in [-0.15, -0.1) is 0 Å². The van der Waals surface area contributed by atoms with Gasteiger partial charge in [0.05, 0.1) is 26.4 Å². The SMILES string of the molecule is CCC(C)CCCCCCCCCCCCCCCCC(=O)OC[C@H](COP(=O)(O)OCC(O)COP(=O)(O)OC[C@@H](COC(=O)CCCCCCCCCC(C)C)OC(=O)CCCCCCCCCCCCCCCCCCCCC(C)C)OC(=O)CCCCCCCCCCCCCCC(C)C. The van der Waals surface area contributed by atoms with E-state index in [1.807, 2.05) is 0 Å². The lowest BCUT2D eigenvalue weighted by atomic mass is 9.99. The monoisotopic (exact) mass is 1520 g/mol. The molecule has 0 aliphatic heterocycles. The van der Waals surface area contributed by atoms with E-state index in [-0.39, 0.29) is 25.7 Å². The van der Waals surface area contributed by atoms with Gasteiger partial charge < -0.3 is 33.8 Å². The number of rotatable bonds is 82. The number of aliphatic hydroxyl groups is 1.